The summed E-state index contributed by atoms with van der Waals surface area (Å²) in [5.41, 5.74) is 2.23. The van der Waals surface area contributed by atoms with Crippen LogP contribution in [0.25, 0.3) is 0 Å². The third-order valence-corrected chi connectivity index (χ3v) is 5.27. The summed E-state index contributed by atoms with van der Waals surface area (Å²) in [6.45, 7) is 1.28. The van der Waals surface area contributed by atoms with Gasteiger partial charge in [0.15, 0.2) is 0 Å². The maximum Gasteiger partial charge on any atom is 0.231 e. The molecule has 0 spiro atoms. The molecule has 0 fully saturated rings. The first-order valence-corrected chi connectivity index (χ1v) is 9.08. The second kappa shape index (κ2) is 7.83. The maximum absolute atomic E-state index is 13.1. The number of carbonyl (C=O) groups excluding carboxylic acids is 1. The summed E-state index contributed by atoms with van der Waals surface area (Å²) in [4.78, 5) is 15.0. The fraction of sp³-hybridized carbons (Fsp3) is 0.250. The highest BCUT2D eigenvalue weighted by Crippen LogP contribution is 2.29. The minimum absolute atomic E-state index is 0.102. The summed E-state index contributed by atoms with van der Waals surface area (Å²) < 4.78 is 6.34. The Balaban J connectivity index is 1.81. The van der Waals surface area contributed by atoms with E-state index in [1.54, 1.807) is 7.11 Å². The predicted octanol–water partition coefficient (Wildman–Crippen LogP) is 4.37. The van der Waals surface area contributed by atoms with E-state index in [2.05, 4.69) is 46.9 Å². The fourth-order valence-electron chi connectivity index (χ4n) is 2.96. The molecule has 4 heteroatoms. The molecule has 2 aromatic rings. The van der Waals surface area contributed by atoms with Crippen molar-refractivity contribution in [1.29, 1.82) is 0 Å². The number of halogens is 1. The van der Waals surface area contributed by atoms with E-state index in [0.717, 1.165) is 26.9 Å². The predicted molar refractivity (Wildman–Crippen MR) is 104 cm³/mol. The van der Waals surface area contributed by atoms with E-state index in [9.17, 15) is 4.79 Å². The molecular weight excluding hydrogens is 413 g/mol. The highest BCUT2D eigenvalue weighted by molar-refractivity contribution is 14.1. The van der Waals surface area contributed by atoms with E-state index < -0.39 is 0 Å². The van der Waals surface area contributed by atoms with Crippen molar-refractivity contribution in [2.24, 2.45) is 0 Å². The molecule has 0 N–H and O–H groups in total. The zero-order valence-corrected chi connectivity index (χ0v) is 15.8. The first-order chi connectivity index (χ1) is 11.7. The van der Waals surface area contributed by atoms with Crippen LogP contribution in [0.5, 0.6) is 5.75 Å². The standard InChI is InChI=1S/C20H20INO2/c1-24-16-11-9-15(10-12-16)14-22-13-5-4-7-18(20(22)23)17-6-2-3-8-19(17)21/h2-6,8-12,18H,7,13-14H2,1H3/t18-/m1/s1. The molecule has 1 aliphatic heterocycles. The van der Waals surface area contributed by atoms with Crippen LogP contribution in [-0.2, 0) is 11.3 Å². The van der Waals surface area contributed by atoms with Crippen LogP contribution in [0.15, 0.2) is 60.7 Å². The van der Waals surface area contributed by atoms with Gasteiger partial charge in [-0.1, -0.05) is 42.5 Å². The monoisotopic (exact) mass is 433 g/mol. The van der Waals surface area contributed by atoms with Gasteiger partial charge in [0.25, 0.3) is 0 Å². The van der Waals surface area contributed by atoms with Crippen LogP contribution in [0.2, 0.25) is 0 Å². The zero-order chi connectivity index (χ0) is 16.9. The highest BCUT2D eigenvalue weighted by atomic mass is 127. The van der Waals surface area contributed by atoms with E-state index >= 15 is 0 Å². The topological polar surface area (TPSA) is 29.5 Å². The summed E-state index contributed by atoms with van der Waals surface area (Å²) in [5.74, 6) is 0.924. The van der Waals surface area contributed by atoms with Gasteiger partial charge in [-0.15, -0.1) is 0 Å². The minimum atomic E-state index is -0.102. The Morgan fingerprint density at radius 1 is 1.12 bits per heavy atom. The molecule has 3 rings (SSSR count). The molecule has 1 aliphatic rings. The number of hydrogen-bond acceptors (Lipinski definition) is 2. The second-order valence-corrected chi connectivity index (χ2v) is 7.01. The lowest BCUT2D eigenvalue weighted by atomic mass is 9.94. The van der Waals surface area contributed by atoms with Gasteiger partial charge in [0, 0.05) is 16.7 Å². The highest BCUT2D eigenvalue weighted by Gasteiger charge is 2.27. The van der Waals surface area contributed by atoms with Crippen molar-refractivity contribution in [3.63, 3.8) is 0 Å². The van der Waals surface area contributed by atoms with Crippen molar-refractivity contribution in [2.75, 3.05) is 13.7 Å². The molecule has 0 aliphatic carbocycles. The first kappa shape index (κ1) is 17.0. The van der Waals surface area contributed by atoms with Crippen molar-refractivity contribution in [2.45, 2.75) is 18.9 Å². The van der Waals surface area contributed by atoms with Gasteiger partial charge in [-0.3, -0.25) is 4.79 Å². The van der Waals surface area contributed by atoms with Gasteiger partial charge in [-0.05, 0) is 58.3 Å². The van der Waals surface area contributed by atoms with Crippen molar-refractivity contribution < 1.29 is 9.53 Å². The maximum atomic E-state index is 13.1. The SMILES string of the molecule is COc1ccc(CN2CC=CC[C@H](c3ccccc3I)C2=O)cc1. The Labute approximate surface area is 156 Å². The Morgan fingerprint density at radius 3 is 2.58 bits per heavy atom. The normalized spacial score (nSPS) is 17.7. The van der Waals surface area contributed by atoms with E-state index in [1.165, 1.54) is 0 Å². The number of ether oxygens (including phenoxy) is 1. The van der Waals surface area contributed by atoms with Crippen molar-refractivity contribution in [1.82, 2.24) is 4.90 Å². The van der Waals surface area contributed by atoms with E-state index in [-0.39, 0.29) is 11.8 Å². The number of methoxy groups -OCH3 is 1. The first-order valence-electron chi connectivity index (χ1n) is 8.00. The second-order valence-electron chi connectivity index (χ2n) is 5.85. The van der Waals surface area contributed by atoms with Gasteiger partial charge in [0.2, 0.25) is 5.91 Å². The lowest BCUT2D eigenvalue weighted by Crippen LogP contribution is -2.34. The quantitative estimate of drug-likeness (QED) is 0.530. The largest absolute Gasteiger partial charge is 0.497 e. The summed E-state index contributed by atoms with van der Waals surface area (Å²) in [6, 6.07) is 16.0. The van der Waals surface area contributed by atoms with Crippen LogP contribution in [0.3, 0.4) is 0 Å². The molecule has 0 radical (unpaired) electrons. The summed E-state index contributed by atoms with van der Waals surface area (Å²) in [6.07, 6.45) is 4.98. The number of rotatable bonds is 4. The zero-order valence-electron chi connectivity index (χ0n) is 13.6. The summed E-state index contributed by atoms with van der Waals surface area (Å²) in [5, 5.41) is 0. The Kier molecular flexibility index (Phi) is 5.56. The lowest BCUT2D eigenvalue weighted by Gasteiger charge is -2.25. The van der Waals surface area contributed by atoms with Crippen LogP contribution in [0.1, 0.15) is 23.5 Å². The van der Waals surface area contributed by atoms with Gasteiger partial charge >= 0.3 is 0 Å². The molecule has 1 heterocycles. The number of carbonyl (C=O) groups is 1. The van der Waals surface area contributed by atoms with Crippen LogP contribution in [0.4, 0.5) is 0 Å². The number of nitrogens with zero attached hydrogens (tertiary/aromatic N) is 1. The number of benzene rings is 2. The Morgan fingerprint density at radius 2 is 1.88 bits per heavy atom. The number of hydrogen-bond donors (Lipinski definition) is 0. The molecule has 0 saturated carbocycles. The van der Waals surface area contributed by atoms with Gasteiger partial charge in [-0.25, -0.2) is 0 Å². The van der Waals surface area contributed by atoms with Crippen molar-refractivity contribution in [3.05, 3.63) is 75.4 Å². The lowest BCUT2D eigenvalue weighted by molar-refractivity contribution is -0.132. The molecule has 2 aromatic carbocycles. The molecule has 24 heavy (non-hydrogen) atoms. The molecule has 124 valence electrons. The molecule has 0 saturated heterocycles. The number of amides is 1. The van der Waals surface area contributed by atoms with Crippen LogP contribution < -0.4 is 4.74 Å². The Hall–Kier alpha value is -1.82. The molecule has 1 atom stereocenters. The fourth-order valence-corrected chi connectivity index (χ4v) is 3.72. The van der Waals surface area contributed by atoms with Crippen molar-refractivity contribution >= 4 is 28.5 Å². The smallest absolute Gasteiger partial charge is 0.231 e. The minimum Gasteiger partial charge on any atom is -0.497 e. The van der Waals surface area contributed by atoms with Gasteiger partial charge in [0.1, 0.15) is 5.75 Å². The molecule has 3 nitrogen and oxygen atoms in total. The van der Waals surface area contributed by atoms with E-state index in [1.807, 2.05) is 41.3 Å². The third kappa shape index (κ3) is 3.80. The van der Waals surface area contributed by atoms with Crippen LogP contribution >= 0.6 is 22.6 Å². The van der Waals surface area contributed by atoms with E-state index in [4.69, 9.17) is 4.74 Å². The molecule has 1 amide bonds. The molecule has 0 aromatic heterocycles. The average Bonchev–Trinajstić information content (AvgIpc) is 2.78. The van der Waals surface area contributed by atoms with Gasteiger partial charge in [0.05, 0.1) is 13.0 Å². The van der Waals surface area contributed by atoms with Crippen LogP contribution in [0, 0.1) is 3.57 Å². The third-order valence-electron chi connectivity index (χ3n) is 4.29. The summed E-state index contributed by atoms with van der Waals surface area (Å²) >= 11 is 2.32. The molecule has 0 unspecified atom stereocenters. The Bertz CT molecular complexity index is 740. The molecule has 0 bridgehead atoms. The van der Waals surface area contributed by atoms with E-state index in [0.29, 0.717) is 13.1 Å². The average molecular weight is 433 g/mol. The van der Waals surface area contributed by atoms with Crippen LogP contribution in [-0.4, -0.2) is 24.5 Å². The van der Waals surface area contributed by atoms with Gasteiger partial charge in [-0.2, -0.15) is 0 Å². The summed E-state index contributed by atoms with van der Waals surface area (Å²) in [7, 11) is 1.66. The van der Waals surface area contributed by atoms with Gasteiger partial charge < -0.3 is 9.64 Å². The molecular formula is C20H20INO2. The number of allylic oxidation sites excluding steroid dienone is 1. The van der Waals surface area contributed by atoms with Crippen molar-refractivity contribution in [3.8, 4) is 5.75 Å².